The van der Waals surface area contributed by atoms with Crippen LogP contribution in [0.5, 0.6) is 0 Å². The maximum Gasteiger partial charge on any atom is 0.316 e. The summed E-state index contributed by atoms with van der Waals surface area (Å²) in [6, 6.07) is 3.84. The first-order valence-corrected chi connectivity index (χ1v) is 10.2. The van der Waals surface area contributed by atoms with Gasteiger partial charge in [-0.2, -0.15) is 0 Å². The summed E-state index contributed by atoms with van der Waals surface area (Å²) >= 11 is 2.70. The molecule has 10 heteroatoms. The second-order valence-corrected chi connectivity index (χ2v) is 8.87. The van der Waals surface area contributed by atoms with Gasteiger partial charge in [-0.05, 0) is 17.9 Å². The van der Waals surface area contributed by atoms with E-state index in [4.69, 9.17) is 4.74 Å². The predicted octanol–water partition coefficient (Wildman–Crippen LogP) is 1.36. The summed E-state index contributed by atoms with van der Waals surface area (Å²) < 4.78 is 27.7. The summed E-state index contributed by atoms with van der Waals surface area (Å²) in [5, 5.41) is 9.24. The molecule has 2 aromatic heterocycles. The highest BCUT2D eigenvalue weighted by Crippen LogP contribution is 2.23. The predicted molar refractivity (Wildman–Crippen MR) is 83.6 cm³/mol. The van der Waals surface area contributed by atoms with Crippen LogP contribution in [0, 0.1) is 0 Å². The molecule has 3 rings (SSSR count). The number of carbonyl (C=O) groups is 1. The second-order valence-electron chi connectivity index (χ2n) is 4.75. The molecule has 1 aliphatic heterocycles. The Balaban J connectivity index is 1.49. The number of thioether (sulfide) groups is 1. The quantitative estimate of drug-likeness (QED) is 0.635. The Morgan fingerprint density at radius 1 is 1.55 bits per heavy atom. The molecule has 1 aliphatic rings. The molecule has 2 aromatic rings. The third kappa shape index (κ3) is 3.87. The molecule has 0 radical (unpaired) electrons. The van der Waals surface area contributed by atoms with Crippen LogP contribution in [0.4, 0.5) is 0 Å². The SMILES string of the molecule is O=C(CSc1n[nH]c(-c2cccs2)n1)O[C@@H]1CCS(=O)(=O)C1. The van der Waals surface area contributed by atoms with Crippen molar-refractivity contribution in [1.29, 1.82) is 0 Å². The molecule has 118 valence electrons. The molecule has 1 atom stereocenters. The fraction of sp³-hybridized carbons (Fsp3) is 0.417. The number of hydrogen-bond acceptors (Lipinski definition) is 8. The number of hydrogen-bond donors (Lipinski definition) is 1. The Labute approximate surface area is 135 Å². The molecular weight excluding hydrogens is 346 g/mol. The highest BCUT2D eigenvalue weighted by molar-refractivity contribution is 7.99. The van der Waals surface area contributed by atoms with Crippen LogP contribution in [0.25, 0.3) is 10.7 Å². The molecular formula is C12H13N3O4S3. The smallest absolute Gasteiger partial charge is 0.316 e. The molecule has 0 bridgehead atoms. The van der Waals surface area contributed by atoms with E-state index in [1.54, 1.807) is 11.3 Å². The van der Waals surface area contributed by atoms with Gasteiger partial charge in [0.15, 0.2) is 15.7 Å². The van der Waals surface area contributed by atoms with E-state index in [2.05, 4.69) is 15.2 Å². The van der Waals surface area contributed by atoms with Crippen molar-refractivity contribution in [1.82, 2.24) is 15.2 Å². The number of sulfone groups is 1. The van der Waals surface area contributed by atoms with Crippen LogP contribution >= 0.6 is 23.1 Å². The van der Waals surface area contributed by atoms with E-state index < -0.39 is 21.9 Å². The Morgan fingerprint density at radius 3 is 3.09 bits per heavy atom. The van der Waals surface area contributed by atoms with E-state index in [9.17, 15) is 13.2 Å². The molecule has 0 spiro atoms. The number of rotatable bonds is 5. The van der Waals surface area contributed by atoms with Gasteiger partial charge in [-0.1, -0.05) is 17.8 Å². The van der Waals surface area contributed by atoms with Crippen LogP contribution < -0.4 is 0 Å². The van der Waals surface area contributed by atoms with Crippen LogP contribution in [-0.2, 0) is 19.4 Å². The number of nitrogens with one attached hydrogen (secondary N) is 1. The minimum Gasteiger partial charge on any atom is -0.461 e. The second kappa shape index (κ2) is 6.39. The third-order valence-electron chi connectivity index (χ3n) is 3.03. The molecule has 0 aliphatic carbocycles. The number of esters is 1. The van der Waals surface area contributed by atoms with Crippen molar-refractivity contribution in [2.24, 2.45) is 0 Å². The van der Waals surface area contributed by atoms with E-state index in [0.717, 1.165) is 16.6 Å². The first kappa shape index (κ1) is 15.5. The largest absolute Gasteiger partial charge is 0.461 e. The van der Waals surface area contributed by atoms with E-state index in [0.29, 0.717) is 17.4 Å². The number of H-pyrrole nitrogens is 1. The van der Waals surface area contributed by atoms with Crippen molar-refractivity contribution >= 4 is 38.9 Å². The summed E-state index contributed by atoms with van der Waals surface area (Å²) in [6.45, 7) is 0. The highest BCUT2D eigenvalue weighted by atomic mass is 32.2. The van der Waals surface area contributed by atoms with Crippen LogP contribution in [-0.4, -0.2) is 52.9 Å². The summed E-state index contributed by atoms with van der Waals surface area (Å²) in [6.07, 6.45) is -0.144. The van der Waals surface area contributed by atoms with Gasteiger partial charge in [0, 0.05) is 0 Å². The number of ether oxygens (including phenoxy) is 1. The summed E-state index contributed by atoms with van der Waals surface area (Å²) in [4.78, 5) is 17.0. The Morgan fingerprint density at radius 2 is 2.41 bits per heavy atom. The molecule has 0 aromatic carbocycles. The van der Waals surface area contributed by atoms with Crippen LogP contribution in [0.1, 0.15) is 6.42 Å². The van der Waals surface area contributed by atoms with Crippen molar-refractivity contribution in [3.8, 4) is 10.7 Å². The van der Waals surface area contributed by atoms with Crippen LogP contribution in [0.2, 0.25) is 0 Å². The molecule has 1 saturated heterocycles. The van der Waals surface area contributed by atoms with Crippen LogP contribution in [0.3, 0.4) is 0 Å². The minimum atomic E-state index is -3.04. The number of carbonyl (C=O) groups excluding carboxylic acids is 1. The van der Waals surface area contributed by atoms with E-state index in [1.165, 1.54) is 0 Å². The van der Waals surface area contributed by atoms with Crippen LogP contribution in [0.15, 0.2) is 22.7 Å². The lowest BCUT2D eigenvalue weighted by Gasteiger charge is -2.08. The first-order chi connectivity index (χ1) is 10.5. The highest BCUT2D eigenvalue weighted by Gasteiger charge is 2.30. The van der Waals surface area contributed by atoms with Gasteiger partial charge in [-0.3, -0.25) is 9.89 Å². The number of nitrogens with zero attached hydrogens (tertiary/aromatic N) is 2. The van der Waals surface area contributed by atoms with Gasteiger partial charge in [0.2, 0.25) is 5.16 Å². The van der Waals surface area contributed by atoms with Gasteiger partial charge in [0.25, 0.3) is 0 Å². The van der Waals surface area contributed by atoms with Crippen molar-refractivity contribution in [2.75, 3.05) is 17.3 Å². The summed E-state index contributed by atoms with van der Waals surface area (Å²) in [7, 11) is -3.04. The number of aromatic amines is 1. The Kier molecular flexibility index (Phi) is 4.50. The molecule has 1 fully saturated rings. The average molecular weight is 359 g/mol. The zero-order valence-corrected chi connectivity index (χ0v) is 13.8. The first-order valence-electron chi connectivity index (χ1n) is 6.51. The van der Waals surface area contributed by atoms with Gasteiger partial charge in [-0.25, -0.2) is 13.4 Å². The lowest BCUT2D eigenvalue weighted by molar-refractivity contribution is -0.144. The van der Waals surface area contributed by atoms with Gasteiger partial charge >= 0.3 is 5.97 Å². The van der Waals surface area contributed by atoms with Gasteiger partial charge in [0.1, 0.15) is 6.10 Å². The summed E-state index contributed by atoms with van der Waals surface area (Å²) in [5.74, 6) is 0.274. The van der Waals surface area contributed by atoms with Gasteiger partial charge in [-0.15, -0.1) is 16.4 Å². The topological polar surface area (TPSA) is 102 Å². The van der Waals surface area contributed by atoms with E-state index in [1.807, 2.05) is 17.5 Å². The van der Waals surface area contributed by atoms with Crippen molar-refractivity contribution in [2.45, 2.75) is 17.7 Å². The van der Waals surface area contributed by atoms with E-state index in [-0.39, 0.29) is 17.3 Å². The third-order valence-corrected chi connectivity index (χ3v) is 6.46. The Hall–Kier alpha value is -1.39. The molecule has 3 heterocycles. The maximum absolute atomic E-state index is 11.7. The molecule has 0 amide bonds. The average Bonchev–Trinajstić information content (AvgIpc) is 3.16. The standard InChI is InChI=1S/C12H13N3O4S3/c16-10(19-8-3-5-22(17,18)7-8)6-21-12-13-11(14-15-12)9-2-1-4-20-9/h1-2,4,8H,3,5-7H2,(H,13,14,15)/t8-/m1/s1. The molecule has 0 unspecified atom stereocenters. The number of aromatic nitrogens is 3. The van der Waals surface area contributed by atoms with Crippen molar-refractivity contribution < 1.29 is 17.9 Å². The molecule has 1 N–H and O–H groups in total. The van der Waals surface area contributed by atoms with Gasteiger partial charge < -0.3 is 4.74 Å². The zero-order chi connectivity index (χ0) is 15.6. The van der Waals surface area contributed by atoms with Gasteiger partial charge in [0.05, 0.1) is 22.1 Å². The lowest BCUT2D eigenvalue weighted by atomic mass is 10.3. The molecule has 0 saturated carbocycles. The zero-order valence-electron chi connectivity index (χ0n) is 11.4. The fourth-order valence-corrected chi connectivity index (χ4v) is 4.87. The lowest BCUT2D eigenvalue weighted by Crippen LogP contribution is -2.20. The Bertz CT molecular complexity index is 754. The fourth-order valence-electron chi connectivity index (χ4n) is 2.03. The molecule has 7 nitrogen and oxygen atoms in total. The summed E-state index contributed by atoms with van der Waals surface area (Å²) in [5.41, 5.74) is 0. The normalized spacial score (nSPS) is 20.1. The minimum absolute atomic E-state index is 0.0539. The maximum atomic E-state index is 11.7. The van der Waals surface area contributed by atoms with Crippen molar-refractivity contribution in [3.05, 3.63) is 17.5 Å². The number of thiophene rings is 1. The van der Waals surface area contributed by atoms with E-state index >= 15 is 0 Å². The molecule has 22 heavy (non-hydrogen) atoms. The van der Waals surface area contributed by atoms with Crippen molar-refractivity contribution in [3.63, 3.8) is 0 Å². The monoisotopic (exact) mass is 359 g/mol.